The van der Waals surface area contributed by atoms with Crippen LogP contribution in [0.5, 0.6) is 0 Å². The third-order valence-corrected chi connectivity index (χ3v) is 3.83. The van der Waals surface area contributed by atoms with E-state index in [1.165, 1.54) is 0 Å². The summed E-state index contributed by atoms with van der Waals surface area (Å²) in [6.45, 7) is 2.04. The molecule has 0 saturated carbocycles. The number of rotatable bonds is 3. The molecule has 0 aliphatic heterocycles. The van der Waals surface area contributed by atoms with Crippen molar-refractivity contribution in [1.29, 1.82) is 0 Å². The van der Waals surface area contributed by atoms with Crippen LogP contribution in [0, 0.1) is 0 Å². The molecule has 1 N–H and O–H groups in total. The van der Waals surface area contributed by atoms with Gasteiger partial charge in [0.2, 0.25) is 0 Å². The largest absolute Gasteiger partial charge is 0.476 e. The molecule has 0 fully saturated rings. The molecule has 0 radical (unpaired) electrons. The molecule has 0 amide bonds. The number of carboxylic acids is 1. The smallest absolute Gasteiger partial charge is 0.356 e. The number of hydrogen-bond acceptors (Lipinski definition) is 3. The van der Waals surface area contributed by atoms with E-state index < -0.39 is 5.97 Å². The zero-order valence-electron chi connectivity index (χ0n) is 11.8. The highest BCUT2D eigenvalue weighted by Gasteiger charge is 2.26. The van der Waals surface area contributed by atoms with E-state index >= 15 is 0 Å². The van der Waals surface area contributed by atoms with Crippen molar-refractivity contribution < 1.29 is 9.90 Å². The van der Waals surface area contributed by atoms with Gasteiger partial charge in [0.05, 0.1) is 11.9 Å². The molecule has 106 valence electrons. The Morgan fingerprint density at radius 3 is 2.80 bits per heavy atom. The molecule has 0 saturated heterocycles. The van der Waals surface area contributed by atoms with Crippen molar-refractivity contribution in [3.8, 4) is 5.69 Å². The summed E-state index contributed by atoms with van der Waals surface area (Å²) in [6.07, 6.45) is 6.51. The fraction of sp³-hybridized carbons (Fsp3) is 0.500. The molecule has 0 atom stereocenters. The van der Waals surface area contributed by atoms with Gasteiger partial charge in [-0.15, -0.1) is 0 Å². The van der Waals surface area contributed by atoms with Crippen molar-refractivity contribution in [2.45, 2.75) is 39.0 Å². The quantitative estimate of drug-likeness (QED) is 0.925. The van der Waals surface area contributed by atoms with E-state index in [9.17, 15) is 9.90 Å². The first-order valence-corrected chi connectivity index (χ1v) is 6.98. The number of aromatic nitrogens is 4. The molecule has 1 aliphatic carbocycles. The molecule has 2 aromatic rings. The predicted molar refractivity (Wildman–Crippen MR) is 73.3 cm³/mol. The molecule has 6 heteroatoms. The van der Waals surface area contributed by atoms with Crippen LogP contribution < -0.4 is 0 Å². The summed E-state index contributed by atoms with van der Waals surface area (Å²) in [5.41, 5.74) is 3.98. The second-order valence-corrected chi connectivity index (χ2v) is 5.19. The van der Waals surface area contributed by atoms with Crippen LogP contribution in [-0.4, -0.2) is 30.6 Å². The van der Waals surface area contributed by atoms with Gasteiger partial charge in [0.1, 0.15) is 5.69 Å². The Hall–Kier alpha value is -2.11. The second-order valence-electron chi connectivity index (χ2n) is 5.19. The highest BCUT2D eigenvalue weighted by atomic mass is 16.4. The number of fused-ring (bicyclic) bond motifs is 1. The zero-order valence-corrected chi connectivity index (χ0v) is 11.8. The lowest BCUT2D eigenvalue weighted by Gasteiger charge is -2.13. The number of aromatic carboxylic acids is 1. The van der Waals surface area contributed by atoms with Crippen molar-refractivity contribution in [2.24, 2.45) is 7.05 Å². The van der Waals surface area contributed by atoms with Crippen molar-refractivity contribution in [1.82, 2.24) is 19.6 Å². The maximum Gasteiger partial charge on any atom is 0.356 e. The van der Waals surface area contributed by atoms with Gasteiger partial charge in [-0.3, -0.25) is 4.68 Å². The molecule has 0 spiro atoms. The van der Waals surface area contributed by atoms with Crippen LogP contribution in [-0.2, 0) is 26.3 Å². The van der Waals surface area contributed by atoms with Gasteiger partial charge in [0.25, 0.3) is 0 Å². The lowest BCUT2D eigenvalue weighted by molar-refractivity contribution is 0.0688. The van der Waals surface area contributed by atoms with E-state index in [0.29, 0.717) is 0 Å². The third-order valence-electron chi connectivity index (χ3n) is 3.83. The van der Waals surface area contributed by atoms with Crippen LogP contribution in [0.15, 0.2) is 6.20 Å². The minimum atomic E-state index is -0.941. The Balaban J connectivity index is 2.20. The van der Waals surface area contributed by atoms with E-state index in [1.54, 1.807) is 9.36 Å². The molecule has 6 nitrogen and oxygen atoms in total. The molecule has 3 rings (SSSR count). The SMILES string of the molecule is CCc1nn(C)cc1-n1nc(C(=O)O)c2c1CCCC2. The second kappa shape index (κ2) is 4.77. The van der Waals surface area contributed by atoms with E-state index in [0.717, 1.165) is 54.7 Å². The average molecular weight is 274 g/mol. The maximum atomic E-state index is 11.4. The van der Waals surface area contributed by atoms with E-state index in [2.05, 4.69) is 10.2 Å². The number of hydrogen-bond donors (Lipinski definition) is 1. The number of aryl methyl sites for hydroxylation is 2. The van der Waals surface area contributed by atoms with Crippen molar-refractivity contribution in [3.63, 3.8) is 0 Å². The van der Waals surface area contributed by atoms with Gasteiger partial charge in [-0.25, -0.2) is 9.48 Å². The molecule has 2 heterocycles. The summed E-state index contributed by atoms with van der Waals surface area (Å²) in [4.78, 5) is 11.4. The minimum absolute atomic E-state index is 0.200. The van der Waals surface area contributed by atoms with Crippen LogP contribution in [0.4, 0.5) is 0 Å². The fourth-order valence-electron chi connectivity index (χ4n) is 2.92. The van der Waals surface area contributed by atoms with Gasteiger partial charge in [0.15, 0.2) is 5.69 Å². The summed E-state index contributed by atoms with van der Waals surface area (Å²) in [7, 11) is 1.87. The van der Waals surface area contributed by atoms with E-state index in [1.807, 2.05) is 20.2 Å². The number of carboxylic acid groups (broad SMARTS) is 1. The summed E-state index contributed by atoms with van der Waals surface area (Å²) >= 11 is 0. The highest BCUT2D eigenvalue weighted by Crippen LogP contribution is 2.28. The number of carbonyl (C=O) groups is 1. The normalized spacial score (nSPS) is 14.3. The van der Waals surface area contributed by atoms with Crippen molar-refractivity contribution in [3.05, 3.63) is 28.8 Å². The fourth-order valence-corrected chi connectivity index (χ4v) is 2.92. The molecule has 20 heavy (non-hydrogen) atoms. The molecule has 0 unspecified atom stereocenters. The van der Waals surface area contributed by atoms with Crippen LogP contribution in [0.1, 0.15) is 47.2 Å². The lowest BCUT2D eigenvalue weighted by Crippen LogP contribution is -2.08. The maximum absolute atomic E-state index is 11.4. The van der Waals surface area contributed by atoms with Gasteiger partial charge < -0.3 is 5.11 Å². The third kappa shape index (κ3) is 1.92. The average Bonchev–Trinajstić information content (AvgIpc) is 2.98. The standard InChI is InChI=1S/C14H18N4O2/c1-3-10-12(8-17(2)15-10)18-11-7-5-4-6-9(11)13(16-18)14(19)20/h8H,3-7H2,1-2H3,(H,19,20). The van der Waals surface area contributed by atoms with Gasteiger partial charge in [0, 0.05) is 18.3 Å². The van der Waals surface area contributed by atoms with Crippen LogP contribution in [0.2, 0.25) is 0 Å². The molecular formula is C14H18N4O2. The topological polar surface area (TPSA) is 72.9 Å². The van der Waals surface area contributed by atoms with E-state index in [-0.39, 0.29) is 5.69 Å². The van der Waals surface area contributed by atoms with Crippen LogP contribution >= 0.6 is 0 Å². The molecule has 1 aliphatic rings. The predicted octanol–water partition coefficient (Wildman–Crippen LogP) is 1.75. The Morgan fingerprint density at radius 2 is 2.10 bits per heavy atom. The summed E-state index contributed by atoms with van der Waals surface area (Å²) < 4.78 is 3.55. The Kier molecular flexibility index (Phi) is 3.08. The summed E-state index contributed by atoms with van der Waals surface area (Å²) in [5.74, 6) is -0.941. The van der Waals surface area contributed by atoms with Gasteiger partial charge in [-0.05, 0) is 32.1 Å². The molecule has 0 bridgehead atoms. The minimum Gasteiger partial charge on any atom is -0.476 e. The van der Waals surface area contributed by atoms with Crippen LogP contribution in [0.25, 0.3) is 5.69 Å². The first kappa shape index (κ1) is 12.9. The Morgan fingerprint density at radius 1 is 1.35 bits per heavy atom. The van der Waals surface area contributed by atoms with Crippen molar-refractivity contribution >= 4 is 5.97 Å². The molecule has 0 aromatic carbocycles. The van der Waals surface area contributed by atoms with Crippen LogP contribution in [0.3, 0.4) is 0 Å². The van der Waals surface area contributed by atoms with Crippen molar-refractivity contribution in [2.75, 3.05) is 0 Å². The monoisotopic (exact) mass is 274 g/mol. The van der Waals surface area contributed by atoms with Gasteiger partial charge in [-0.2, -0.15) is 10.2 Å². The molecular weight excluding hydrogens is 256 g/mol. The highest BCUT2D eigenvalue weighted by molar-refractivity contribution is 5.87. The Bertz CT molecular complexity index is 669. The van der Waals surface area contributed by atoms with Gasteiger partial charge >= 0.3 is 5.97 Å². The first-order chi connectivity index (χ1) is 9.61. The van der Waals surface area contributed by atoms with E-state index in [4.69, 9.17) is 0 Å². The lowest BCUT2D eigenvalue weighted by atomic mass is 9.95. The Labute approximate surface area is 117 Å². The first-order valence-electron chi connectivity index (χ1n) is 6.98. The number of nitrogens with zero attached hydrogens (tertiary/aromatic N) is 4. The zero-order chi connectivity index (χ0) is 14.3. The van der Waals surface area contributed by atoms with Gasteiger partial charge in [-0.1, -0.05) is 6.92 Å². The molecule has 2 aromatic heterocycles. The summed E-state index contributed by atoms with van der Waals surface area (Å²) in [6, 6.07) is 0. The summed E-state index contributed by atoms with van der Waals surface area (Å²) in [5, 5.41) is 18.1.